The van der Waals surface area contributed by atoms with E-state index < -0.39 is 0 Å². The molecule has 3 nitrogen and oxygen atoms in total. The quantitative estimate of drug-likeness (QED) is 0.708. The molecule has 0 radical (unpaired) electrons. The fraction of sp³-hybridized carbons (Fsp3) is 0.333. The van der Waals surface area contributed by atoms with Gasteiger partial charge in [0.25, 0.3) is 0 Å². The van der Waals surface area contributed by atoms with Crippen molar-refractivity contribution < 1.29 is 0 Å². The van der Waals surface area contributed by atoms with Gasteiger partial charge in [-0.1, -0.05) is 13.8 Å². The van der Waals surface area contributed by atoms with Gasteiger partial charge in [-0.3, -0.25) is 4.68 Å². The van der Waals surface area contributed by atoms with Gasteiger partial charge in [-0.25, -0.2) is 0 Å². The monoisotopic (exact) mass is 199 g/mol. The average Bonchev–Trinajstić information content (AvgIpc) is 2.56. The van der Waals surface area contributed by atoms with Crippen molar-refractivity contribution in [2.24, 2.45) is 7.05 Å². The smallest absolute Gasteiger partial charge is 0.0991 e. The average molecular weight is 199 g/mol. The van der Waals surface area contributed by atoms with Gasteiger partial charge in [-0.15, -0.1) is 0 Å². The first-order chi connectivity index (χ1) is 7.13. The number of rotatable bonds is 1. The van der Waals surface area contributed by atoms with Crippen LogP contribution in [0.1, 0.15) is 31.0 Å². The van der Waals surface area contributed by atoms with E-state index in [9.17, 15) is 0 Å². The van der Waals surface area contributed by atoms with E-state index in [4.69, 9.17) is 5.26 Å². The lowest BCUT2D eigenvalue weighted by atomic mass is 10.0. The molecule has 76 valence electrons. The van der Waals surface area contributed by atoms with Gasteiger partial charge < -0.3 is 0 Å². The predicted molar refractivity (Wildman–Crippen MR) is 59.5 cm³/mol. The summed E-state index contributed by atoms with van der Waals surface area (Å²) in [6.07, 6.45) is 0. The molecule has 0 aliphatic heterocycles. The van der Waals surface area contributed by atoms with Gasteiger partial charge in [0, 0.05) is 12.4 Å². The first-order valence-electron chi connectivity index (χ1n) is 5.00. The van der Waals surface area contributed by atoms with Crippen molar-refractivity contribution in [3.05, 3.63) is 29.5 Å². The Bertz CT molecular complexity index is 544. The van der Waals surface area contributed by atoms with Crippen molar-refractivity contribution in [2.45, 2.75) is 19.8 Å². The summed E-state index contributed by atoms with van der Waals surface area (Å²) in [6.45, 7) is 4.22. The second-order valence-electron chi connectivity index (χ2n) is 4.01. The molecule has 0 saturated heterocycles. The summed E-state index contributed by atoms with van der Waals surface area (Å²) in [6, 6.07) is 7.85. The van der Waals surface area contributed by atoms with Crippen LogP contribution in [0.3, 0.4) is 0 Å². The highest BCUT2D eigenvalue weighted by Gasteiger charge is 2.11. The molecule has 0 bridgehead atoms. The zero-order valence-electron chi connectivity index (χ0n) is 9.15. The summed E-state index contributed by atoms with van der Waals surface area (Å²) >= 11 is 0. The van der Waals surface area contributed by atoms with Crippen LogP contribution in [-0.4, -0.2) is 9.78 Å². The molecular weight excluding hydrogens is 186 g/mol. The van der Waals surface area contributed by atoms with Crippen LogP contribution in [0, 0.1) is 11.3 Å². The fourth-order valence-corrected chi connectivity index (χ4v) is 1.79. The number of fused-ring (bicyclic) bond motifs is 1. The van der Waals surface area contributed by atoms with E-state index in [-0.39, 0.29) is 0 Å². The van der Waals surface area contributed by atoms with Crippen LogP contribution in [0.2, 0.25) is 0 Å². The molecule has 1 heterocycles. The molecule has 15 heavy (non-hydrogen) atoms. The van der Waals surface area contributed by atoms with Crippen LogP contribution in [0.5, 0.6) is 0 Å². The first-order valence-corrected chi connectivity index (χ1v) is 5.00. The van der Waals surface area contributed by atoms with Gasteiger partial charge in [0.2, 0.25) is 0 Å². The van der Waals surface area contributed by atoms with Crippen molar-refractivity contribution in [3.63, 3.8) is 0 Å². The standard InChI is InChI=1S/C12H13N3/c1-8(2)12-10-6-9(7-13)4-5-11(10)15(3)14-12/h4-6,8H,1-3H3. The van der Waals surface area contributed by atoms with E-state index in [0.717, 1.165) is 16.6 Å². The minimum absolute atomic E-state index is 0.377. The van der Waals surface area contributed by atoms with Gasteiger partial charge in [0.05, 0.1) is 22.8 Å². The van der Waals surface area contributed by atoms with Crippen molar-refractivity contribution in [3.8, 4) is 6.07 Å². The predicted octanol–water partition coefficient (Wildman–Crippen LogP) is 2.57. The molecule has 1 aromatic carbocycles. The summed E-state index contributed by atoms with van der Waals surface area (Å²) in [5.74, 6) is 0.377. The van der Waals surface area contributed by atoms with Crippen LogP contribution >= 0.6 is 0 Å². The van der Waals surface area contributed by atoms with Crippen molar-refractivity contribution >= 4 is 10.9 Å². The molecule has 0 atom stereocenters. The van der Waals surface area contributed by atoms with E-state index in [1.165, 1.54) is 0 Å². The Hall–Kier alpha value is -1.82. The number of hydrogen-bond donors (Lipinski definition) is 0. The van der Waals surface area contributed by atoms with Crippen LogP contribution in [0.15, 0.2) is 18.2 Å². The second kappa shape index (κ2) is 3.39. The lowest BCUT2D eigenvalue weighted by Crippen LogP contribution is -1.92. The summed E-state index contributed by atoms with van der Waals surface area (Å²) in [4.78, 5) is 0. The van der Waals surface area contributed by atoms with Crippen molar-refractivity contribution in [1.82, 2.24) is 9.78 Å². The van der Waals surface area contributed by atoms with Crippen LogP contribution in [0.4, 0.5) is 0 Å². The maximum atomic E-state index is 8.86. The number of aromatic nitrogens is 2. The topological polar surface area (TPSA) is 41.6 Å². The molecule has 2 rings (SSSR count). The Morgan fingerprint density at radius 2 is 2.13 bits per heavy atom. The zero-order valence-corrected chi connectivity index (χ0v) is 9.15. The van der Waals surface area contributed by atoms with Gasteiger partial charge in [0.15, 0.2) is 0 Å². The van der Waals surface area contributed by atoms with E-state index in [0.29, 0.717) is 11.5 Å². The Morgan fingerprint density at radius 3 is 2.73 bits per heavy atom. The van der Waals surface area contributed by atoms with Gasteiger partial charge in [-0.2, -0.15) is 10.4 Å². The molecule has 0 spiro atoms. The Balaban J connectivity index is 2.79. The largest absolute Gasteiger partial charge is 0.268 e. The lowest BCUT2D eigenvalue weighted by molar-refractivity contribution is 0.729. The normalized spacial score (nSPS) is 10.9. The van der Waals surface area contributed by atoms with Crippen LogP contribution < -0.4 is 0 Å². The molecule has 3 heteroatoms. The summed E-state index contributed by atoms with van der Waals surface area (Å²) < 4.78 is 1.87. The van der Waals surface area contributed by atoms with E-state index in [2.05, 4.69) is 25.0 Å². The SMILES string of the molecule is CC(C)c1nn(C)c2ccc(C#N)cc12. The highest BCUT2D eigenvalue weighted by atomic mass is 15.3. The van der Waals surface area contributed by atoms with E-state index in [1.54, 1.807) is 0 Å². The molecule has 0 amide bonds. The molecule has 0 saturated carbocycles. The highest BCUT2D eigenvalue weighted by Crippen LogP contribution is 2.24. The van der Waals surface area contributed by atoms with Gasteiger partial charge in [-0.05, 0) is 24.1 Å². The molecule has 2 aromatic rings. The Morgan fingerprint density at radius 1 is 1.40 bits per heavy atom. The molecule has 0 fully saturated rings. The molecular formula is C12H13N3. The number of benzene rings is 1. The van der Waals surface area contributed by atoms with E-state index in [1.807, 2.05) is 29.9 Å². The molecule has 0 unspecified atom stereocenters. The number of nitriles is 1. The summed E-state index contributed by atoms with van der Waals surface area (Å²) in [5.41, 5.74) is 2.83. The molecule has 0 aliphatic carbocycles. The Labute approximate surface area is 88.9 Å². The molecule has 1 aromatic heterocycles. The van der Waals surface area contributed by atoms with Crippen LogP contribution in [-0.2, 0) is 7.05 Å². The maximum Gasteiger partial charge on any atom is 0.0991 e. The van der Waals surface area contributed by atoms with Crippen molar-refractivity contribution in [1.29, 1.82) is 5.26 Å². The zero-order chi connectivity index (χ0) is 11.0. The summed E-state index contributed by atoms with van der Waals surface area (Å²) in [5, 5.41) is 14.4. The first kappa shape index (κ1) is 9.72. The number of hydrogen-bond acceptors (Lipinski definition) is 2. The van der Waals surface area contributed by atoms with Gasteiger partial charge >= 0.3 is 0 Å². The minimum Gasteiger partial charge on any atom is -0.268 e. The number of aryl methyl sites for hydroxylation is 1. The third-order valence-corrected chi connectivity index (χ3v) is 2.55. The van der Waals surface area contributed by atoms with Crippen LogP contribution in [0.25, 0.3) is 10.9 Å². The van der Waals surface area contributed by atoms with Gasteiger partial charge in [0.1, 0.15) is 0 Å². The van der Waals surface area contributed by atoms with E-state index >= 15 is 0 Å². The lowest BCUT2D eigenvalue weighted by Gasteiger charge is -1.99. The summed E-state index contributed by atoms with van der Waals surface area (Å²) in [7, 11) is 1.93. The third kappa shape index (κ3) is 1.48. The molecule has 0 N–H and O–H groups in total. The third-order valence-electron chi connectivity index (χ3n) is 2.55. The molecule has 0 aliphatic rings. The highest BCUT2D eigenvalue weighted by molar-refractivity contribution is 5.83. The Kier molecular flexibility index (Phi) is 2.20. The second-order valence-corrected chi connectivity index (χ2v) is 4.01. The maximum absolute atomic E-state index is 8.86. The van der Waals surface area contributed by atoms with Crippen molar-refractivity contribution in [2.75, 3.05) is 0 Å². The fourth-order valence-electron chi connectivity index (χ4n) is 1.79. The minimum atomic E-state index is 0.377. The number of nitrogens with zero attached hydrogens (tertiary/aromatic N) is 3.